The SMILES string of the molecule is CC[C@H]1OC(=O)[C@H](C)[C@@H](O[C@H]2C[C@@](C)(OC)[C@@H](O)[C@H](C)O2)[C@H](C)[C@@H](O[C@@H]2O[C@H](C)CC(N(C)C)[C@H]2OC(=O)CCNC(=O)CCCC(=O)OC[C@H]2O[C@@H](N3CN=C(C(N)=O)N3)[C@H](O)[C@@H]2O)[C@](C)(O)C[C@@H](C)CN(C)[C@H](C)[C@@H](O)[C@]1(C)O. The number of carbonyl (C=O) groups excluding carboxylic acids is 5. The van der Waals surface area contributed by atoms with E-state index in [1.165, 1.54) is 19.0 Å². The molecule has 5 rings (SSSR count). The van der Waals surface area contributed by atoms with E-state index in [9.17, 15) is 54.6 Å². The van der Waals surface area contributed by atoms with Gasteiger partial charge in [-0.1, -0.05) is 20.8 Å². The number of hydrogen-bond donors (Lipinski definition) is 9. The Bertz CT molecular complexity index is 2140. The Morgan fingerprint density at radius 2 is 1.58 bits per heavy atom. The van der Waals surface area contributed by atoms with Crippen LogP contribution in [0.25, 0.3) is 0 Å². The number of ether oxygens (including phenoxy) is 9. The van der Waals surface area contributed by atoms with Gasteiger partial charge in [0.1, 0.15) is 55.5 Å². The van der Waals surface area contributed by atoms with Crippen LogP contribution in [0.5, 0.6) is 0 Å². The van der Waals surface area contributed by atoms with Crippen LogP contribution in [0.1, 0.15) is 121 Å². The zero-order valence-corrected chi connectivity index (χ0v) is 49.7. The molecule has 0 aromatic carbocycles. The molecule has 0 spiro atoms. The number of amides is 2. The number of nitrogens with two attached hydrogens (primary N) is 1. The largest absolute Gasteiger partial charge is 0.463 e. The second-order valence-corrected chi connectivity index (χ2v) is 23.9. The Hall–Kier alpha value is -3.78. The molecular weight excluding hydrogens is 1070 g/mol. The summed E-state index contributed by atoms with van der Waals surface area (Å²) in [5.41, 5.74) is 3.08. The number of hydrogen-bond acceptors (Lipinski definition) is 25. The van der Waals surface area contributed by atoms with Crippen molar-refractivity contribution >= 4 is 35.6 Å². The van der Waals surface area contributed by atoms with Crippen molar-refractivity contribution in [3.05, 3.63) is 0 Å². The number of methoxy groups -OCH3 is 1. The maximum atomic E-state index is 14.6. The molecule has 10 N–H and O–H groups in total. The quantitative estimate of drug-likeness (QED) is 0.0541. The van der Waals surface area contributed by atoms with E-state index < -0.39 is 163 Å². The van der Waals surface area contributed by atoms with Gasteiger partial charge >= 0.3 is 17.9 Å². The number of aliphatic imine (C=N–C) groups is 1. The third-order valence-corrected chi connectivity index (χ3v) is 16.8. The number of aliphatic hydroxyl groups is 6. The zero-order chi connectivity index (χ0) is 60.6. The molecule has 22 atom stereocenters. The third-order valence-electron chi connectivity index (χ3n) is 16.8. The van der Waals surface area contributed by atoms with Crippen molar-refractivity contribution in [2.45, 2.75) is 235 Å². The van der Waals surface area contributed by atoms with Gasteiger partial charge in [0.15, 0.2) is 24.9 Å². The van der Waals surface area contributed by atoms with E-state index in [4.69, 9.17) is 48.4 Å². The maximum absolute atomic E-state index is 14.6. The van der Waals surface area contributed by atoms with E-state index in [0.29, 0.717) is 13.0 Å². The molecule has 4 saturated heterocycles. The number of hydrazine groups is 1. The second kappa shape index (κ2) is 28.9. The molecule has 27 heteroatoms. The van der Waals surface area contributed by atoms with E-state index in [0.717, 1.165) is 0 Å². The Morgan fingerprint density at radius 1 is 0.901 bits per heavy atom. The van der Waals surface area contributed by atoms with E-state index in [1.54, 1.807) is 55.5 Å². The maximum Gasteiger partial charge on any atom is 0.311 e. The first-order valence-corrected chi connectivity index (χ1v) is 28.3. The summed E-state index contributed by atoms with van der Waals surface area (Å²) in [6.45, 7) is 16.8. The van der Waals surface area contributed by atoms with Crippen LogP contribution in [0.3, 0.4) is 0 Å². The van der Waals surface area contributed by atoms with Gasteiger partial charge in [-0.05, 0) is 101 Å². The third kappa shape index (κ3) is 17.0. The predicted octanol–water partition coefficient (Wildman–Crippen LogP) is -1.22. The fourth-order valence-electron chi connectivity index (χ4n) is 11.8. The van der Waals surface area contributed by atoms with Crippen molar-refractivity contribution in [1.29, 1.82) is 0 Å². The molecule has 81 heavy (non-hydrogen) atoms. The molecule has 27 nitrogen and oxygen atoms in total. The van der Waals surface area contributed by atoms with Gasteiger partial charge in [0.05, 0.1) is 54.0 Å². The van der Waals surface area contributed by atoms with E-state index in [1.807, 2.05) is 37.7 Å². The lowest BCUT2D eigenvalue weighted by atomic mass is 9.77. The van der Waals surface area contributed by atoms with E-state index in [2.05, 4.69) is 15.7 Å². The summed E-state index contributed by atoms with van der Waals surface area (Å²) >= 11 is 0. The molecule has 0 radical (unpaired) electrons. The molecule has 466 valence electrons. The van der Waals surface area contributed by atoms with Crippen LogP contribution < -0.4 is 16.5 Å². The molecule has 0 saturated carbocycles. The number of carbonyl (C=O) groups is 5. The molecule has 0 aliphatic carbocycles. The Kier molecular flexibility index (Phi) is 24.2. The average molecular weight is 1160 g/mol. The Morgan fingerprint density at radius 3 is 2.20 bits per heavy atom. The number of aliphatic hydroxyl groups excluding tert-OH is 4. The number of likely N-dealkylation sites (N-methyl/N-ethyl adjacent to an activating group) is 2. The number of esters is 3. The summed E-state index contributed by atoms with van der Waals surface area (Å²) in [6, 6.07) is -1.11. The fourth-order valence-corrected chi connectivity index (χ4v) is 11.8. The van der Waals surface area contributed by atoms with Gasteiger partial charge < -0.3 is 94.1 Å². The van der Waals surface area contributed by atoms with Crippen molar-refractivity contribution in [2.24, 2.45) is 28.5 Å². The van der Waals surface area contributed by atoms with Crippen LogP contribution in [0.15, 0.2) is 4.99 Å². The normalized spacial score (nSPS) is 41.5. The number of rotatable bonds is 19. The van der Waals surface area contributed by atoms with Gasteiger partial charge in [0, 0.05) is 51.4 Å². The summed E-state index contributed by atoms with van der Waals surface area (Å²) in [7, 11) is 6.91. The molecule has 2 amide bonds. The monoisotopic (exact) mass is 1160 g/mol. The van der Waals surface area contributed by atoms with Crippen LogP contribution in [0.2, 0.25) is 0 Å². The van der Waals surface area contributed by atoms with Gasteiger partial charge in [-0.25, -0.2) is 4.99 Å². The van der Waals surface area contributed by atoms with Crippen molar-refractivity contribution in [1.82, 2.24) is 25.6 Å². The minimum atomic E-state index is -1.89. The molecule has 5 aliphatic heterocycles. The number of nitrogens with zero attached hydrogens (tertiary/aromatic N) is 4. The van der Waals surface area contributed by atoms with Crippen LogP contribution >= 0.6 is 0 Å². The molecule has 0 aromatic heterocycles. The van der Waals surface area contributed by atoms with Crippen molar-refractivity contribution in [3.8, 4) is 0 Å². The number of nitrogens with one attached hydrogen (secondary N) is 2. The molecule has 4 fully saturated rings. The van der Waals surface area contributed by atoms with Crippen LogP contribution in [0.4, 0.5) is 0 Å². The van der Waals surface area contributed by atoms with Gasteiger partial charge in [-0.15, -0.1) is 0 Å². The van der Waals surface area contributed by atoms with E-state index >= 15 is 0 Å². The minimum Gasteiger partial charge on any atom is -0.463 e. The second-order valence-electron chi connectivity index (χ2n) is 23.9. The van der Waals surface area contributed by atoms with Gasteiger partial charge in [0.2, 0.25) is 11.7 Å². The van der Waals surface area contributed by atoms with E-state index in [-0.39, 0.29) is 69.9 Å². The van der Waals surface area contributed by atoms with Crippen LogP contribution in [0, 0.1) is 17.8 Å². The highest BCUT2D eigenvalue weighted by atomic mass is 16.7. The first kappa shape index (κ1) is 68.0. The van der Waals surface area contributed by atoms with Crippen molar-refractivity contribution in [2.75, 3.05) is 54.6 Å². The smallest absolute Gasteiger partial charge is 0.311 e. The highest BCUT2D eigenvalue weighted by molar-refractivity contribution is 6.37. The highest BCUT2D eigenvalue weighted by Gasteiger charge is 2.54. The summed E-state index contributed by atoms with van der Waals surface area (Å²) < 4.78 is 55.6. The van der Waals surface area contributed by atoms with Crippen LogP contribution in [-0.4, -0.2) is 250 Å². The van der Waals surface area contributed by atoms with Crippen molar-refractivity contribution < 1.29 is 97.2 Å². The first-order chi connectivity index (χ1) is 37.8. The average Bonchev–Trinajstić information content (AvgIpc) is 4.06. The van der Waals surface area contributed by atoms with Crippen molar-refractivity contribution in [3.63, 3.8) is 0 Å². The number of amidine groups is 1. The topological polar surface area (TPSA) is 362 Å². The van der Waals surface area contributed by atoms with Gasteiger partial charge in [-0.2, -0.15) is 5.01 Å². The molecular formula is C54H95N7O20. The molecule has 5 heterocycles. The minimum absolute atomic E-state index is 0.0401. The number of cyclic esters (lactones) is 1. The number of primary amides is 1. The molecule has 0 bridgehead atoms. The van der Waals surface area contributed by atoms with Crippen LogP contribution in [-0.2, 0) is 66.6 Å². The first-order valence-electron chi connectivity index (χ1n) is 28.3. The fraction of sp³-hybridized carbons (Fsp3) is 0.889. The lowest BCUT2D eigenvalue weighted by Gasteiger charge is -2.49. The standard InChI is InChI=1S/C54H95N7O20/c1-15-35-54(10,72)44(67)31(6)60(13)24-27(2)22-52(8,71)46(29(4)42(30(5)50(70)78-35)80-39-23-53(9,73-14)45(68)32(7)76-39)81-51-43(33(59(11)12)21-28(3)75-51)79-38(64)19-20-56-36(62)17-16-18-37(63)74-25-34-40(65)41(66)49(77-34)61-26-57-48(58-61)47(55)69/h27-35,39-46,49,51,65-68,71-72H,15-26H2,1-14H3,(H2,55,69)(H,56,62)(H,57,58)/t27-,28-,29+,30-,31-,32+,33?,34-,35-,39+,40-,41-,42+,43-,44-,45+,46-,49-,51+,52-,53-,54-/m1/s1. The summed E-state index contributed by atoms with van der Waals surface area (Å²) in [5, 5.41) is 72.7. The summed E-state index contributed by atoms with van der Waals surface area (Å²) in [4.78, 5) is 73.0. The highest BCUT2D eigenvalue weighted by Crippen LogP contribution is 2.41. The summed E-state index contributed by atoms with van der Waals surface area (Å²) in [6.07, 6.45) is -15.5. The van der Waals surface area contributed by atoms with Gasteiger partial charge in [-0.3, -0.25) is 29.4 Å². The molecule has 0 aromatic rings. The lowest BCUT2D eigenvalue weighted by molar-refractivity contribution is -0.319. The Balaban J connectivity index is 1.31. The van der Waals surface area contributed by atoms with Gasteiger partial charge in [0.25, 0.3) is 5.91 Å². The molecule has 5 aliphatic rings. The zero-order valence-electron chi connectivity index (χ0n) is 49.7. The summed E-state index contributed by atoms with van der Waals surface area (Å²) in [5.74, 6) is -5.92. The Labute approximate surface area is 475 Å². The predicted molar refractivity (Wildman–Crippen MR) is 288 cm³/mol. The molecule has 1 unspecified atom stereocenters. The lowest BCUT2D eigenvalue weighted by Crippen LogP contribution is -2.61.